The van der Waals surface area contributed by atoms with Gasteiger partial charge in [-0.25, -0.2) is 0 Å². The van der Waals surface area contributed by atoms with E-state index in [1.807, 2.05) is 20.2 Å². The lowest BCUT2D eigenvalue weighted by Crippen LogP contribution is -2.28. The van der Waals surface area contributed by atoms with Crippen molar-refractivity contribution < 1.29 is 4.79 Å². The maximum atomic E-state index is 11.6. The van der Waals surface area contributed by atoms with Crippen LogP contribution in [0.25, 0.3) is 0 Å². The van der Waals surface area contributed by atoms with Crippen LogP contribution in [0.15, 0.2) is 6.20 Å². The number of carbonyl (C=O) groups excluding carboxylic acids is 1. The fourth-order valence-electron chi connectivity index (χ4n) is 1.21. The molecule has 0 aliphatic carbocycles. The van der Waals surface area contributed by atoms with Gasteiger partial charge in [-0.05, 0) is 12.8 Å². The van der Waals surface area contributed by atoms with E-state index in [1.165, 1.54) is 0 Å². The van der Waals surface area contributed by atoms with E-state index in [1.54, 1.807) is 4.68 Å². The fourth-order valence-corrected chi connectivity index (χ4v) is 1.21. The molecule has 1 aromatic heterocycles. The van der Waals surface area contributed by atoms with Gasteiger partial charge in [-0.3, -0.25) is 9.48 Å². The van der Waals surface area contributed by atoms with E-state index < -0.39 is 0 Å². The Morgan fingerprint density at radius 3 is 2.71 bits per heavy atom. The molecule has 0 atom stereocenters. The van der Waals surface area contributed by atoms with Gasteiger partial charge in [0, 0.05) is 25.4 Å². The summed E-state index contributed by atoms with van der Waals surface area (Å²) in [5.74, 6) is 0.375. The highest BCUT2D eigenvalue weighted by Crippen LogP contribution is 2.03. The number of nitrogens with zero attached hydrogens (tertiary/aromatic N) is 2. The molecule has 0 saturated carbocycles. The van der Waals surface area contributed by atoms with Crippen molar-refractivity contribution in [2.75, 3.05) is 6.54 Å². The molecule has 4 heteroatoms. The number of amides is 1. The molecule has 4 nitrogen and oxygen atoms in total. The molecule has 0 bridgehead atoms. The summed E-state index contributed by atoms with van der Waals surface area (Å²) in [6, 6.07) is 0. The molecule has 0 spiro atoms. The standard InChI is InChI=1S/C10H17N3O/c1-7(2)5-11-10(14)9-8(3)6-13(4)12-9/h6-7H,5H2,1-4H3,(H,11,14). The Bertz CT molecular complexity index is 328. The van der Waals surface area contributed by atoms with Gasteiger partial charge in [0.2, 0.25) is 0 Å². The second kappa shape index (κ2) is 4.26. The van der Waals surface area contributed by atoms with Crippen molar-refractivity contribution in [3.63, 3.8) is 0 Å². The molecule has 78 valence electrons. The molecule has 0 unspecified atom stereocenters. The van der Waals surface area contributed by atoms with Gasteiger partial charge in [0.15, 0.2) is 5.69 Å². The van der Waals surface area contributed by atoms with Gasteiger partial charge in [0.1, 0.15) is 0 Å². The summed E-state index contributed by atoms with van der Waals surface area (Å²) in [6.45, 7) is 6.70. The molecule has 1 heterocycles. The summed E-state index contributed by atoms with van der Waals surface area (Å²) in [6.07, 6.45) is 1.84. The van der Waals surface area contributed by atoms with E-state index >= 15 is 0 Å². The third-order valence-electron chi connectivity index (χ3n) is 1.90. The van der Waals surface area contributed by atoms with Crippen LogP contribution < -0.4 is 5.32 Å². The second-order valence-electron chi connectivity index (χ2n) is 3.94. The van der Waals surface area contributed by atoms with E-state index in [2.05, 4.69) is 24.3 Å². The van der Waals surface area contributed by atoms with Crippen LogP contribution in [0.2, 0.25) is 0 Å². The Morgan fingerprint density at radius 1 is 1.64 bits per heavy atom. The first-order chi connectivity index (χ1) is 6.50. The zero-order chi connectivity index (χ0) is 10.7. The first-order valence-electron chi connectivity index (χ1n) is 4.79. The maximum Gasteiger partial charge on any atom is 0.272 e. The number of rotatable bonds is 3. The molecule has 1 N–H and O–H groups in total. The largest absolute Gasteiger partial charge is 0.350 e. The number of carbonyl (C=O) groups is 1. The number of aromatic nitrogens is 2. The lowest BCUT2D eigenvalue weighted by atomic mass is 10.2. The number of nitrogens with one attached hydrogen (secondary N) is 1. The van der Waals surface area contributed by atoms with Crippen LogP contribution in [-0.2, 0) is 7.05 Å². The normalized spacial score (nSPS) is 10.6. The summed E-state index contributed by atoms with van der Waals surface area (Å²) in [5.41, 5.74) is 1.43. The first kappa shape index (κ1) is 10.8. The first-order valence-corrected chi connectivity index (χ1v) is 4.79. The van der Waals surface area contributed by atoms with Gasteiger partial charge in [0.05, 0.1) is 0 Å². The van der Waals surface area contributed by atoms with Gasteiger partial charge in [-0.15, -0.1) is 0 Å². The van der Waals surface area contributed by atoms with Crippen LogP contribution in [0.5, 0.6) is 0 Å². The van der Waals surface area contributed by atoms with Crippen LogP contribution >= 0.6 is 0 Å². The van der Waals surface area contributed by atoms with Gasteiger partial charge in [-0.1, -0.05) is 13.8 Å². The van der Waals surface area contributed by atoms with Crippen LogP contribution in [0.1, 0.15) is 29.9 Å². The molecule has 1 amide bonds. The minimum atomic E-state index is -0.0863. The van der Waals surface area contributed by atoms with Crippen molar-refractivity contribution in [1.82, 2.24) is 15.1 Å². The van der Waals surface area contributed by atoms with Crippen molar-refractivity contribution in [2.45, 2.75) is 20.8 Å². The Hall–Kier alpha value is -1.32. The molecule has 1 rings (SSSR count). The molecular weight excluding hydrogens is 178 g/mol. The third-order valence-corrected chi connectivity index (χ3v) is 1.90. The van der Waals surface area contributed by atoms with E-state index in [4.69, 9.17) is 0 Å². The van der Waals surface area contributed by atoms with E-state index in [0.29, 0.717) is 18.2 Å². The van der Waals surface area contributed by atoms with Gasteiger partial charge in [0.25, 0.3) is 5.91 Å². The third kappa shape index (κ3) is 2.58. The number of hydrogen-bond donors (Lipinski definition) is 1. The van der Waals surface area contributed by atoms with E-state index in [0.717, 1.165) is 5.56 Å². The Labute approximate surface area is 84.3 Å². The van der Waals surface area contributed by atoms with E-state index in [-0.39, 0.29) is 5.91 Å². The predicted molar refractivity (Wildman–Crippen MR) is 55.1 cm³/mol. The SMILES string of the molecule is Cc1cn(C)nc1C(=O)NCC(C)C. The van der Waals surface area contributed by atoms with Crippen molar-refractivity contribution in [2.24, 2.45) is 13.0 Å². The van der Waals surface area contributed by atoms with Crippen molar-refractivity contribution in [3.05, 3.63) is 17.5 Å². The van der Waals surface area contributed by atoms with E-state index in [9.17, 15) is 4.79 Å². The highest BCUT2D eigenvalue weighted by Gasteiger charge is 2.12. The summed E-state index contributed by atoms with van der Waals surface area (Å²) in [5, 5.41) is 6.93. The average molecular weight is 195 g/mol. The molecule has 0 aliphatic rings. The van der Waals surface area contributed by atoms with Crippen LogP contribution in [0.4, 0.5) is 0 Å². The van der Waals surface area contributed by atoms with Crippen molar-refractivity contribution >= 4 is 5.91 Å². The molecular formula is C10H17N3O. The Kier molecular flexibility index (Phi) is 3.28. The summed E-state index contributed by atoms with van der Waals surface area (Å²) in [4.78, 5) is 11.6. The van der Waals surface area contributed by atoms with Crippen LogP contribution in [0, 0.1) is 12.8 Å². The Balaban J connectivity index is 2.65. The highest BCUT2D eigenvalue weighted by molar-refractivity contribution is 5.93. The summed E-state index contributed by atoms with van der Waals surface area (Å²) < 4.78 is 1.65. The van der Waals surface area contributed by atoms with Gasteiger partial charge < -0.3 is 5.32 Å². The predicted octanol–water partition coefficient (Wildman–Crippen LogP) is 1.11. The zero-order valence-corrected chi connectivity index (χ0v) is 9.16. The molecule has 14 heavy (non-hydrogen) atoms. The number of aryl methyl sites for hydroxylation is 2. The second-order valence-corrected chi connectivity index (χ2v) is 3.94. The molecule has 0 fully saturated rings. The van der Waals surface area contributed by atoms with Gasteiger partial charge >= 0.3 is 0 Å². The molecule has 0 radical (unpaired) electrons. The fraction of sp³-hybridized carbons (Fsp3) is 0.600. The zero-order valence-electron chi connectivity index (χ0n) is 9.16. The minimum Gasteiger partial charge on any atom is -0.350 e. The maximum absolute atomic E-state index is 11.6. The quantitative estimate of drug-likeness (QED) is 0.785. The van der Waals surface area contributed by atoms with Crippen LogP contribution in [-0.4, -0.2) is 22.2 Å². The number of hydrogen-bond acceptors (Lipinski definition) is 2. The lowest BCUT2D eigenvalue weighted by Gasteiger charge is -2.05. The molecule has 0 aliphatic heterocycles. The molecule has 1 aromatic rings. The van der Waals surface area contributed by atoms with Gasteiger partial charge in [-0.2, -0.15) is 5.10 Å². The monoisotopic (exact) mass is 195 g/mol. The minimum absolute atomic E-state index is 0.0863. The summed E-state index contributed by atoms with van der Waals surface area (Å²) >= 11 is 0. The molecule has 0 saturated heterocycles. The van der Waals surface area contributed by atoms with Crippen molar-refractivity contribution in [3.8, 4) is 0 Å². The highest BCUT2D eigenvalue weighted by atomic mass is 16.1. The Morgan fingerprint density at radius 2 is 2.29 bits per heavy atom. The topological polar surface area (TPSA) is 46.9 Å². The van der Waals surface area contributed by atoms with Crippen molar-refractivity contribution in [1.29, 1.82) is 0 Å². The lowest BCUT2D eigenvalue weighted by molar-refractivity contribution is 0.0942. The molecule has 0 aromatic carbocycles. The average Bonchev–Trinajstić information content (AvgIpc) is 2.41. The van der Waals surface area contributed by atoms with Crippen LogP contribution in [0.3, 0.4) is 0 Å². The smallest absolute Gasteiger partial charge is 0.272 e. The summed E-state index contributed by atoms with van der Waals surface area (Å²) in [7, 11) is 1.81.